The first kappa shape index (κ1) is 24.8. The van der Waals surface area contributed by atoms with Crippen LogP contribution in [0.1, 0.15) is 85.9 Å². The Morgan fingerprint density at radius 2 is 1.91 bits per heavy atom. The minimum atomic E-state index is -1.04. The maximum Gasteiger partial charge on any atom is 0.339 e. The van der Waals surface area contributed by atoms with Crippen LogP contribution >= 0.6 is 0 Å². The van der Waals surface area contributed by atoms with Crippen LogP contribution in [0.5, 0.6) is 5.75 Å². The molecule has 2 aromatic rings. The minimum absolute atomic E-state index is 0.00738. The van der Waals surface area contributed by atoms with Gasteiger partial charge in [-0.2, -0.15) is 0 Å². The van der Waals surface area contributed by atoms with Crippen molar-refractivity contribution < 1.29 is 19.4 Å². The van der Waals surface area contributed by atoms with Gasteiger partial charge in [0.2, 0.25) is 0 Å². The van der Waals surface area contributed by atoms with E-state index in [2.05, 4.69) is 41.4 Å². The molecule has 0 spiro atoms. The number of carboxylic acids is 1. The number of unbranched alkanes of at least 4 members (excludes halogenated alkanes) is 1. The fourth-order valence-corrected chi connectivity index (χ4v) is 4.56. The summed E-state index contributed by atoms with van der Waals surface area (Å²) in [7, 11) is 0. The molecule has 2 atom stereocenters. The summed E-state index contributed by atoms with van der Waals surface area (Å²) in [5, 5.41) is 13.0. The molecule has 0 aromatic heterocycles. The van der Waals surface area contributed by atoms with Crippen molar-refractivity contribution in [1.29, 1.82) is 0 Å². The van der Waals surface area contributed by atoms with Crippen molar-refractivity contribution in [3.05, 3.63) is 59.2 Å². The van der Waals surface area contributed by atoms with E-state index in [9.17, 15) is 14.7 Å². The zero-order valence-corrected chi connectivity index (χ0v) is 19.8. The molecule has 0 aliphatic carbocycles. The van der Waals surface area contributed by atoms with Gasteiger partial charge in [0.15, 0.2) is 0 Å². The molecule has 0 radical (unpaired) electrons. The molecule has 1 aliphatic heterocycles. The largest absolute Gasteiger partial charge is 0.493 e. The summed E-state index contributed by atoms with van der Waals surface area (Å²) in [6.07, 6.45) is 7.60. The third-order valence-electron chi connectivity index (χ3n) is 6.27. The number of ether oxygens (including phenoxy) is 1. The van der Waals surface area contributed by atoms with Crippen LogP contribution in [-0.4, -0.2) is 37.1 Å². The van der Waals surface area contributed by atoms with Crippen molar-refractivity contribution in [1.82, 2.24) is 5.32 Å². The van der Waals surface area contributed by atoms with Crippen LogP contribution < -0.4 is 15.0 Å². The van der Waals surface area contributed by atoms with E-state index in [4.69, 9.17) is 4.74 Å². The van der Waals surface area contributed by atoms with Gasteiger partial charge in [0, 0.05) is 24.8 Å². The van der Waals surface area contributed by atoms with Crippen LogP contribution in [0, 0.1) is 0 Å². The predicted molar refractivity (Wildman–Crippen MR) is 131 cm³/mol. The first-order valence-electron chi connectivity index (χ1n) is 12.1. The molecule has 178 valence electrons. The molecule has 3 rings (SSSR count). The normalized spacial score (nSPS) is 15.6. The van der Waals surface area contributed by atoms with Gasteiger partial charge < -0.3 is 19.5 Å². The topological polar surface area (TPSA) is 78.9 Å². The molecule has 1 saturated heterocycles. The van der Waals surface area contributed by atoms with E-state index >= 15 is 0 Å². The monoisotopic (exact) mass is 452 g/mol. The van der Waals surface area contributed by atoms with Gasteiger partial charge in [0.05, 0.1) is 12.6 Å². The Morgan fingerprint density at radius 3 is 2.58 bits per heavy atom. The number of nitrogens with one attached hydrogen (secondary N) is 1. The zero-order chi connectivity index (χ0) is 23.6. The van der Waals surface area contributed by atoms with E-state index in [0.29, 0.717) is 12.2 Å². The first-order valence-corrected chi connectivity index (χ1v) is 12.1. The molecule has 6 heteroatoms. The van der Waals surface area contributed by atoms with Gasteiger partial charge in [0.25, 0.3) is 0 Å². The van der Waals surface area contributed by atoms with E-state index in [1.165, 1.54) is 36.6 Å². The Labute approximate surface area is 196 Å². The Kier molecular flexibility index (Phi) is 9.31. The lowest BCUT2D eigenvalue weighted by Gasteiger charge is -2.33. The number of rotatable bonds is 12. The van der Waals surface area contributed by atoms with Crippen LogP contribution in [0.2, 0.25) is 0 Å². The van der Waals surface area contributed by atoms with E-state index in [-0.39, 0.29) is 17.4 Å². The Hall–Kier alpha value is -2.86. The second-order valence-corrected chi connectivity index (χ2v) is 8.58. The van der Waals surface area contributed by atoms with Crippen molar-refractivity contribution in [2.24, 2.45) is 0 Å². The van der Waals surface area contributed by atoms with Gasteiger partial charge >= 0.3 is 5.97 Å². The average Bonchev–Trinajstić information content (AvgIpc) is 2.85. The highest BCUT2D eigenvalue weighted by Crippen LogP contribution is 2.33. The summed E-state index contributed by atoms with van der Waals surface area (Å²) < 4.78 is 5.56. The summed E-state index contributed by atoms with van der Waals surface area (Å²) in [6.45, 7) is 6.45. The number of anilines is 1. The van der Waals surface area contributed by atoms with E-state index in [0.717, 1.165) is 38.6 Å². The molecule has 2 aromatic carbocycles. The lowest BCUT2D eigenvalue weighted by Crippen LogP contribution is -2.33. The van der Waals surface area contributed by atoms with E-state index in [1.807, 2.05) is 6.92 Å². The smallest absolute Gasteiger partial charge is 0.339 e. The molecule has 0 bridgehead atoms. The lowest BCUT2D eigenvalue weighted by molar-refractivity contribution is -0.109. The lowest BCUT2D eigenvalue weighted by atomic mass is 9.95. The summed E-state index contributed by atoms with van der Waals surface area (Å²) in [5.74, 6) is -0.758. The molecule has 6 nitrogen and oxygen atoms in total. The molecule has 0 saturated carbocycles. The van der Waals surface area contributed by atoms with Gasteiger partial charge in [-0.05, 0) is 61.9 Å². The molecule has 1 fully saturated rings. The van der Waals surface area contributed by atoms with Crippen LogP contribution in [-0.2, 0) is 4.79 Å². The summed E-state index contributed by atoms with van der Waals surface area (Å²) in [5.41, 5.74) is 3.26. The SMILES string of the molecule is CCCCC(NC(C=O)c1ccc(C(=O)O)c(OCC)c1)c1ccccc1N1CCCCC1. The number of hydrogen-bond donors (Lipinski definition) is 2. The van der Waals surface area contributed by atoms with Crippen molar-refractivity contribution in [2.45, 2.75) is 64.5 Å². The van der Waals surface area contributed by atoms with E-state index in [1.54, 1.807) is 12.1 Å². The molecule has 33 heavy (non-hydrogen) atoms. The maximum absolute atomic E-state index is 12.2. The van der Waals surface area contributed by atoms with Crippen LogP contribution in [0.4, 0.5) is 5.69 Å². The van der Waals surface area contributed by atoms with Gasteiger partial charge in [-0.1, -0.05) is 44.0 Å². The van der Waals surface area contributed by atoms with Crippen molar-refractivity contribution >= 4 is 17.9 Å². The number of hydrogen-bond acceptors (Lipinski definition) is 5. The average molecular weight is 453 g/mol. The highest BCUT2D eigenvalue weighted by atomic mass is 16.5. The highest BCUT2D eigenvalue weighted by Gasteiger charge is 2.24. The van der Waals surface area contributed by atoms with Crippen LogP contribution in [0.25, 0.3) is 0 Å². The number of carbonyl (C=O) groups is 2. The van der Waals surface area contributed by atoms with Crippen molar-refractivity contribution in [3.63, 3.8) is 0 Å². The van der Waals surface area contributed by atoms with Crippen molar-refractivity contribution in [2.75, 3.05) is 24.6 Å². The quantitative estimate of drug-likeness (QED) is 0.412. The minimum Gasteiger partial charge on any atom is -0.493 e. The number of aromatic carboxylic acids is 1. The van der Waals surface area contributed by atoms with E-state index < -0.39 is 12.0 Å². The standard InChI is InChI=1S/C27H36N2O4/c1-3-5-12-23(21-11-7-8-13-25(21)29-16-9-6-10-17-29)28-24(19-30)20-14-15-22(27(31)32)26(18-20)33-4-2/h7-8,11,13-15,18-19,23-24,28H,3-6,9-10,12,16-17H2,1-2H3,(H,31,32). The number of carboxylic acid groups (broad SMARTS) is 1. The molecule has 2 unspecified atom stereocenters. The van der Waals surface area contributed by atoms with Crippen molar-refractivity contribution in [3.8, 4) is 5.75 Å². The van der Waals surface area contributed by atoms with Crippen LogP contribution in [0.3, 0.4) is 0 Å². The number of aldehydes is 1. The highest BCUT2D eigenvalue weighted by molar-refractivity contribution is 5.91. The summed E-state index contributed by atoms with van der Waals surface area (Å²) in [4.78, 5) is 26.2. The fraction of sp³-hybridized carbons (Fsp3) is 0.481. The molecule has 2 N–H and O–H groups in total. The molecule has 1 aliphatic rings. The fourth-order valence-electron chi connectivity index (χ4n) is 4.56. The summed E-state index contributed by atoms with van der Waals surface area (Å²) in [6, 6.07) is 12.8. The molecule has 0 amide bonds. The van der Waals surface area contributed by atoms with Gasteiger partial charge in [-0.15, -0.1) is 0 Å². The molecule has 1 heterocycles. The van der Waals surface area contributed by atoms with Gasteiger partial charge in [0.1, 0.15) is 17.6 Å². The third-order valence-corrected chi connectivity index (χ3v) is 6.27. The second kappa shape index (κ2) is 12.4. The number of carbonyl (C=O) groups excluding carboxylic acids is 1. The third kappa shape index (κ3) is 6.35. The van der Waals surface area contributed by atoms with Gasteiger partial charge in [-0.25, -0.2) is 4.79 Å². The summed E-state index contributed by atoms with van der Waals surface area (Å²) >= 11 is 0. The number of benzene rings is 2. The molecular formula is C27H36N2O4. The second-order valence-electron chi connectivity index (χ2n) is 8.58. The molecular weight excluding hydrogens is 416 g/mol. The number of para-hydroxylation sites is 1. The Morgan fingerprint density at radius 1 is 1.15 bits per heavy atom. The van der Waals surface area contributed by atoms with Crippen LogP contribution in [0.15, 0.2) is 42.5 Å². The van der Waals surface area contributed by atoms with Gasteiger partial charge in [-0.3, -0.25) is 5.32 Å². The Balaban J connectivity index is 1.92. The Bertz CT molecular complexity index is 924. The predicted octanol–water partition coefficient (Wildman–Crippen LogP) is 5.53. The number of piperidine rings is 1. The first-order chi connectivity index (χ1) is 16.1. The zero-order valence-electron chi connectivity index (χ0n) is 19.8. The number of nitrogens with zero attached hydrogens (tertiary/aromatic N) is 1. The maximum atomic E-state index is 12.2.